The molecule has 1 aliphatic heterocycles. The van der Waals surface area contributed by atoms with E-state index in [1.54, 1.807) is 13.3 Å². The number of rotatable bonds is 3. The summed E-state index contributed by atoms with van der Waals surface area (Å²) in [5.74, 6) is 0.838. The Morgan fingerprint density at radius 3 is 2.73 bits per heavy atom. The molecule has 1 aromatic carbocycles. The van der Waals surface area contributed by atoms with E-state index in [2.05, 4.69) is 4.98 Å². The predicted octanol–water partition coefficient (Wildman–Crippen LogP) is 3.38. The lowest BCUT2D eigenvalue weighted by atomic mass is 10.0. The molecule has 0 aliphatic carbocycles. The van der Waals surface area contributed by atoms with Gasteiger partial charge < -0.3 is 9.64 Å². The van der Waals surface area contributed by atoms with Gasteiger partial charge in [0.15, 0.2) is 0 Å². The van der Waals surface area contributed by atoms with Gasteiger partial charge in [-0.3, -0.25) is 9.78 Å². The summed E-state index contributed by atoms with van der Waals surface area (Å²) < 4.78 is 5.27. The fraction of sp³-hybridized carbons (Fsp3) is 0.333. The number of nitrogens with zero attached hydrogens (tertiary/aromatic N) is 2. The Bertz CT molecular complexity index is 664. The lowest BCUT2D eigenvalue weighted by molar-refractivity contribution is 0.0725. The summed E-state index contributed by atoms with van der Waals surface area (Å²) in [5, 5.41) is 0. The molecule has 1 aromatic heterocycles. The molecule has 3 rings (SSSR count). The zero-order chi connectivity index (χ0) is 15.4. The van der Waals surface area contributed by atoms with Gasteiger partial charge in [-0.2, -0.15) is 0 Å². The number of carbonyl (C=O) groups excluding carboxylic acids is 1. The summed E-state index contributed by atoms with van der Waals surface area (Å²) >= 11 is 0. The van der Waals surface area contributed by atoms with Gasteiger partial charge in [0.1, 0.15) is 5.75 Å². The first-order chi connectivity index (χ1) is 10.8. The van der Waals surface area contributed by atoms with Crippen LogP contribution in [-0.4, -0.2) is 36.0 Å². The minimum atomic E-state index is 0.0746. The molecule has 0 bridgehead atoms. The first-order valence-electron chi connectivity index (χ1n) is 7.68. The van der Waals surface area contributed by atoms with Crippen LogP contribution in [0.1, 0.15) is 29.6 Å². The fourth-order valence-electron chi connectivity index (χ4n) is 2.85. The van der Waals surface area contributed by atoms with Crippen LogP contribution >= 0.6 is 0 Å². The lowest BCUT2D eigenvalue weighted by Crippen LogP contribution is -2.35. The van der Waals surface area contributed by atoms with Gasteiger partial charge in [0.25, 0.3) is 5.91 Å². The van der Waals surface area contributed by atoms with Crippen molar-refractivity contribution in [2.24, 2.45) is 0 Å². The minimum Gasteiger partial charge on any atom is -0.497 e. The third-order valence-corrected chi connectivity index (χ3v) is 4.02. The normalized spacial score (nSPS) is 14.7. The van der Waals surface area contributed by atoms with Crippen LogP contribution in [0.2, 0.25) is 0 Å². The average Bonchev–Trinajstić information content (AvgIpc) is 2.62. The van der Waals surface area contributed by atoms with Crippen molar-refractivity contribution in [2.75, 3.05) is 20.2 Å². The van der Waals surface area contributed by atoms with E-state index in [9.17, 15) is 4.79 Å². The molecule has 1 aliphatic rings. The van der Waals surface area contributed by atoms with Crippen molar-refractivity contribution in [1.82, 2.24) is 9.88 Å². The maximum atomic E-state index is 12.8. The molecule has 4 heteroatoms. The van der Waals surface area contributed by atoms with Crippen molar-refractivity contribution >= 4 is 5.91 Å². The number of aromatic nitrogens is 1. The van der Waals surface area contributed by atoms with E-state index < -0.39 is 0 Å². The summed E-state index contributed by atoms with van der Waals surface area (Å²) in [4.78, 5) is 19.2. The minimum absolute atomic E-state index is 0.0746. The van der Waals surface area contributed by atoms with E-state index in [-0.39, 0.29) is 5.91 Å². The number of methoxy groups -OCH3 is 1. The third kappa shape index (κ3) is 2.96. The van der Waals surface area contributed by atoms with E-state index in [0.29, 0.717) is 5.56 Å². The van der Waals surface area contributed by atoms with Crippen molar-refractivity contribution in [1.29, 1.82) is 0 Å². The molecule has 2 heterocycles. The summed E-state index contributed by atoms with van der Waals surface area (Å²) in [5.41, 5.74) is 2.29. The van der Waals surface area contributed by atoms with Gasteiger partial charge in [0.05, 0.1) is 18.4 Å². The maximum absolute atomic E-state index is 12.8. The number of pyridine rings is 1. The molecule has 1 fully saturated rings. The first-order valence-corrected chi connectivity index (χ1v) is 7.68. The molecule has 2 aromatic rings. The predicted molar refractivity (Wildman–Crippen MR) is 86.0 cm³/mol. The van der Waals surface area contributed by atoms with E-state index >= 15 is 0 Å². The number of amides is 1. The Labute approximate surface area is 130 Å². The molecular weight excluding hydrogens is 276 g/mol. The molecule has 114 valence electrons. The Balaban J connectivity index is 1.97. The van der Waals surface area contributed by atoms with Crippen molar-refractivity contribution in [2.45, 2.75) is 19.3 Å². The number of carbonyl (C=O) groups is 1. The van der Waals surface area contributed by atoms with Crippen LogP contribution in [0.5, 0.6) is 5.75 Å². The zero-order valence-electron chi connectivity index (χ0n) is 12.8. The fourth-order valence-corrected chi connectivity index (χ4v) is 2.85. The number of piperidine rings is 1. The molecule has 0 radical (unpaired) electrons. The number of hydrogen-bond acceptors (Lipinski definition) is 3. The highest BCUT2D eigenvalue weighted by Crippen LogP contribution is 2.26. The molecule has 22 heavy (non-hydrogen) atoms. The van der Waals surface area contributed by atoms with E-state index in [1.165, 1.54) is 6.42 Å². The second-order valence-corrected chi connectivity index (χ2v) is 5.48. The van der Waals surface area contributed by atoms with Crippen molar-refractivity contribution in [3.8, 4) is 17.0 Å². The zero-order valence-corrected chi connectivity index (χ0v) is 12.8. The lowest BCUT2D eigenvalue weighted by Gasteiger charge is -2.27. The summed E-state index contributed by atoms with van der Waals surface area (Å²) in [6.07, 6.45) is 5.10. The van der Waals surface area contributed by atoms with Gasteiger partial charge in [0.2, 0.25) is 0 Å². The second kappa shape index (κ2) is 6.60. The molecule has 1 saturated heterocycles. The SMILES string of the molecule is COc1cccc(-c2ncccc2C(=O)N2CCCCC2)c1. The van der Waals surface area contributed by atoms with E-state index in [0.717, 1.165) is 42.9 Å². The van der Waals surface area contributed by atoms with Gasteiger partial charge in [-0.15, -0.1) is 0 Å². The summed E-state index contributed by atoms with van der Waals surface area (Å²) in [7, 11) is 1.64. The highest BCUT2D eigenvalue weighted by atomic mass is 16.5. The van der Waals surface area contributed by atoms with Gasteiger partial charge in [-0.25, -0.2) is 0 Å². The third-order valence-electron chi connectivity index (χ3n) is 4.02. The second-order valence-electron chi connectivity index (χ2n) is 5.48. The maximum Gasteiger partial charge on any atom is 0.256 e. The highest BCUT2D eigenvalue weighted by molar-refractivity contribution is 6.00. The van der Waals surface area contributed by atoms with Crippen LogP contribution in [0, 0.1) is 0 Å². The molecule has 1 amide bonds. The van der Waals surface area contributed by atoms with E-state index in [4.69, 9.17) is 4.74 Å². The molecule has 0 spiro atoms. The number of likely N-dealkylation sites (tertiary alicyclic amines) is 1. The van der Waals surface area contributed by atoms with Gasteiger partial charge in [0, 0.05) is 24.8 Å². The first kappa shape index (κ1) is 14.6. The van der Waals surface area contributed by atoms with Crippen LogP contribution in [0.3, 0.4) is 0 Å². The molecule has 4 nitrogen and oxygen atoms in total. The monoisotopic (exact) mass is 296 g/mol. The molecular formula is C18H20N2O2. The number of ether oxygens (including phenoxy) is 1. The average molecular weight is 296 g/mol. The molecule has 0 N–H and O–H groups in total. The smallest absolute Gasteiger partial charge is 0.256 e. The molecule has 0 saturated carbocycles. The van der Waals surface area contributed by atoms with Crippen LogP contribution in [0.25, 0.3) is 11.3 Å². The molecule has 0 unspecified atom stereocenters. The van der Waals surface area contributed by atoms with Gasteiger partial charge >= 0.3 is 0 Å². The van der Waals surface area contributed by atoms with Crippen LogP contribution < -0.4 is 4.74 Å². The van der Waals surface area contributed by atoms with Crippen LogP contribution in [0.4, 0.5) is 0 Å². The van der Waals surface area contributed by atoms with Crippen molar-refractivity contribution < 1.29 is 9.53 Å². The Morgan fingerprint density at radius 2 is 1.95 bits per heavy atom. The standard InChI is InChI=1S/C18H20N2O2/c1-22-15-8-5-7-14(13-15)17-16(9-6-10-19-17)18(21)20-11-3-2-4-12-20/h5-10,13H,2-4,11-12H2,1H3. The van der Waals surface area contributed by atoms with Crippen LogP contribution in [-0.2, 0) is 0 Å². The van der Waals surface area contributed by atoms with Gasteiger partial charge in [-0.1, -0.05) is 12.1 Å². The quantitative estimate of drug-likeness (QED) is 0.872. The highest BCUT2D eigenvalue weighted by Gasteiger charge is 2.21. The Hall–Kier alpha value is -2.36. The van der Waals surface area contributed by atoms with Gasteiger partial charge in [-0.05, 0) is 43.5 Å². The number of hydrogen-bond donors (Lipinski definition) is 0. The Kier molecular flexibility index (Phi) is 4.37. The summed E-state index contributed by atoms with van der Waals surface area (Å²) in [6.45, 7) is 1.68. The molecule has 0 atom stereocenters. The van der Waals surface area contributed by atoms with Crippen molar-refractivity contribution in [3.05, 3.63) is 48.2 Å². The Morgan fingerprint density at radius 1 is 1.14 bits per heavy atom. The largest absolute Gasteiger partial charge is 0.497 e. The topological polar surface area (TPSA) is 42.4 Å². The van der Waals surface area contributed by atoms with E-state index in [1.807, 2.05) is 41.3 Å². The van der Waals surface area contributed by atoms with Crippen LogP contribution in [0.15, 0.2) is 42.6 Å². The number of benzene rings is 1. The van der Waals surface area contributed by atoms with Crippen molar-refractivity contribution in [3.63, 3.8) is 0 Å². The summed E-state index contributed by atoms with van der Waals surface area (Å²) in [6, 6.07) is 11.4.